The molecule has 0 aliphatic carbocycles. The standard InChI is InChI=1S/C16H19N3O/c1-11-14(12(2)18-17-11)10-16(20)19-9-5-7-13-6-3-4-8-15(13)19/h3-4,6,8H,5,7,9-10H2,1-2H3,(H,17,18). The Labute approximate surface area is 118 Å². The minimum absolute atomic E-state index is 0.157. The van der Waals surface area contributed by atoms with Crippen molar-refractivity contribution >= 4 is 11.6 Å². The topological polar surface area (TPSA) is 49.0 Å². The number of fused-ring (bicyclic) bond motifs is 1. The molecule has 0 unspecified atom stereocenters. The van der Waals surface area contributed by atoms with Crippen molar-refractivity contribution in [1.29, 1.82) is 0 Å². The first kappa shape index (κ1) is 12.9. The van der Waals surface area contributed by atoms with Crippen molar-refractivity contribution in [2.45, 2.75) is 33.1 Å². The quantitative estimate of drug-likeness (QED) is 0.910. The van der Waals surface area contributed by atoms with Crippen LogP contribution in [0.1, 0.15) is 28.9 Å². The minimum Gasteiger partial charge on any atom is -0.312 e. The van der Waals surface area contributed by atoms with Crippen LogP contribution in [0.15, 0.2) is 24.3 Å². The third kappa shape index (κ3) is 2.22. The molecule has 1 N–H and O–H groups in total. The lowest BCUT2D eigenvalue weighted by Crippen LogP contribution is -2.36. The molecule has 0 fully saturated rings. The third-order valence-electron chi connectivity index (χ3n) is 4.02. The van der Waals surface area contributed by atoms with Gasteiger partial charge < -0.3 is 4.90 Å². The number of benzene rings is 1. The Balaban J connectivity index is 1.86. The fraction of sp³-hybridized carbons (Fsp3) is 0.375. The molecule has 0 atom stereocenters. The highest BCUT2D eigenvalue weighted by Gasteiger charge is 2.23. The van der Waals surface area contributed by atoms with Crippen molar-refractivity contribution in [2.75, 3.05) is 11.4 Å². The van der Waals surface area contributed by atoms with Gasteiger partial charge in [-0.05, 0) is 38.3 Å². The number of hydrogen-bond acceptors (Lipinski definition) is 2. The monoisotopic (exact) mass is 269 g/mol. The highest BCUT2D eigenvalue weighted by Crippen LogP contribution is 2.27. The van der Waals surface area contributed by atoms with E-state index in [1.807, 2.05) is 36.9 Å². The molecule has 0 spiro atoms. The summed E-state index contributed by atoms with van der Waals surface area (Å²) in [4.78, 5) is 14.5. The molecule has 1 amide bonds. The van der Waals surface area contributed by atoms with Gasteiger partial charge in [0.15, 0.2) is 0 Å². The molecule has 1 aromatic heterocycles. The number of carbonyl (C=O) groups excluding carboxylic acids is 1. The molecule has 104 valence electrons. The van der Waals surface area contributed by atoms with Gasteiger partial charge in [0.25, 0.3) is 0 Å². The largest absolute Gasteiger partial charge is 0.312 e. The van der Waals surface area contributed by atoms with Gasteiger partial charge in [0.05, 0.1) is 12.1 Å². The minimum atomic E-state index is 0.157. The van der Waals surface area contributed by atoms with Crippen LogP contribution < -0.4 is 4.90 Å². The average molecular weight is 269 g/mol. The van der Waals surface area contributed by atoms with E-state index in [0.29, 0.717) is 6.42 Å². The van der Waals surface area contributed by atoms with Gasteiger partial charge in [0, 0.05) is 23.5 Å². The average Bonchev–Trinajstić information content (AvgIpc) is 2.78. The number of carbonyl (C=O) groups is 1. The molecule has 0 radical (unpaired) electrons. The first-order valence-electron chi connectivity index (χ1n) is 7.05. The fourth-order valence-corrected chi connectivity index (χ4v) is 2.87. The van der Waals surface area contributed by atoms with Gasteiger partial charge in [-0.15, -0.1) is 0 Å². The van der Waals surface area contributed by atoms with Crippen molar-refractivity contribution in [1.82, 2.24) is 10.2 Å². The van der Waals surface area contributed by atoms with Crippen molar-refractivity contribution in [3.63, 3.8) is 0 Å². The number of anilines is 1. The van der Waals surface area contributed by atoms with E-state index in [-0.39, 0.29) is 5.91 Å². The molecule has 0 saturated carbocycles. The maximum atomic E-state index is 12.6. The van der Waals surface area contributed by atoms with E-state index < -0.39 is 0 Å². The summed E-state index contributed by atoms with van der Waals surface area (Å²) in [6.45, 7) is 4.72. The van der Waals surface area contributed by atoms with Crippen molar-refractivity contribution < 1.29 is 4.79 Å². The second-order valence-corrected chi connectivity index (χ2v) is 5.37. The number of nitrogens with zero attached hydrogens (tertiary/aromatic N) is 2. The van der Waals surface area contributed by atoms with E-state index in [0.717, 1.165) is 42.0 Å². The molecule has 1 aliphatic heterocycles. The van der Waals surface area contributed by atoms with E-state index in [2.05, 4.69) is 16.3 Å². The van der Waals surface area contributed by atoms with Crippen LogP contribution in [0.3, 0.4) is 0 Å². The normalized spacial score (nSPS) is 14.2. The van der Waals surface area contributed by atoms with E-state index in [1.54, 1.807) is 0 Å². The lowest BCUT2D eigenvalue weighted by atomic mass is 10.0. The second-order valence-electron chi connectivity index (χ2n) is 5.37. The molecular formula is C16H19N3O. The Kier molecular flexibility index (Phi) is 3.30. The number of rotatable bonds is 2. The fourth-order valence-electron chi connectivity index (χ4n) is 2.87. The molecular weight excluding hydrogens is 250 g/mol. The van der Waals surface area contributed by atoms with Gasteiger partial charge in [0.1, 0.15) is 0 Å². The van der Waals surface area contributed by atoms with E-state index in [1.165, 1.54) is 5.56 Å². The van der Waals surface area contributed by atoms with Crippen LogP contribution in [0.5, 0.6) is 0 Å². The third-order valence-corrected chi connectivity index (χ3v) is 4.02. The van der Waals surface area contributed by atoms with Crippen molar-refractivity contribution in [2.24, 2.45) is 0 Å². The number of H-pyrrole nitrogens is 1. The Hall–Kier alpha value is -2.10. The van der Waals surface area contributed by atoms with Gasteiger partial charge in [-0.2, -0.15) is 5.10 Å². The smallest absolute Gasteiger partial charge is 0.231 e. The van der Waals surface area contributed by atoms with E-state index in [4.69, 9.17) is 0 Å². The van der Waals surface area contributed by atoms with Crippen LogP contribution in [0, 0.1) is 13.8 Å². The summed E-state index contributed by atoms with van der Waals surface area (Å²) in [7, 11) is 0. The number of para-hydroxylation sites is 1. The Bertz CT molecular complexity index is 625. The SMILES string of the molecule is Cc1n[nH]c(C)c1CC(=O)N1CCCc2ccccc21. The summed E-state index contributed by atoms with van der Waals surface area (Å²) < 4.78 is 0. The second kappa shape index (κ2) is 5.12. The van der Waals surface area contributed by atoms with Crippen molar-refractivity contribution in [3.8, 4) is 0 Å². The van der Waals surface area contributed by atoms with Gasteiger partial charge >= 0.3 is 0 Å². The first-order valence-corrected chi connectivity index (χ1v) is 7.05. The van der Waals surface area contributed by atoms with Gasteiger partial charge in [-0.3, -0.25) is 9.89 Å². The number of nitrogens with one attached hydrogen (secondary N) is 1. The van der Waals surface area contributed by atoms with Gasteiger partial charge in [0.2, 0.25) is 5.91 Å². The van der Waals surface area contributed by atoms with Crippen molar-refractivity contribution in [3.05, 3.63) is 46.8 Å². The maximum absolute atomic E-state index is 12.6. The molecule has 4 heteroatoms. The van der Waals surface area contributed by atoms with Crippen LogP contribution in [-0.4, -0.2) is 22.6 Å². The Morgan fingerprint density at radius 2 is 2.15 bits per heavy atom. The summed E-state index contributed by atoms with van der Waals surface area (Å²) in [5.41, 5.74) is 5.27. The van der Waals surface area contributed by atoms with Crippen LogP contribution in [-0.2, 0) is 17.6 Å². The van der Waals surface area contributed by atoms with Crippen LogP contribution in [0.4, 0.5) is 5.69 Å². The molecule has 1 aromatic carbocycles. The molecule has 0 bridgehead atoms. The summed E-state index contributed by atoms with van der Waals surface area (Å²) in [5, 5.41) is 7.11. The molecule has 2 heterocycles. The maximum Gasteiger partial charge on any atom is 0.231 e. The highest BCUT2D eigenvalue weighted by molar-refractivity contribution is 5.96. The predicted molar refractivity (Wildman–Crippen MR) is 78.9 cm³/mol. The van der Waals surface area contributed by atoms with Gasteiger partial charge in [-0.25, -0.2) is 0 Å². The van der Waals surface area contributed by atoms with Crippen LogP contribution in [0.25, 0.3) is 0 Å². The molecule has 20 heavy (non-hydrogen) atoms. The van der Waals surface area contributed by atoms with Crippen LogP contribution in [0.2, 0.25) is 0 Å². The molecule has 3 rings (SSSR count). The lowest BCUT2D eigenvalue weighted by molar-refractivity contribution is -0.118. The summed E-state index contributed by atoms with van der Waals surface area (Å²) in [6, 6.07) is 8.20. The molecule has 4 nitrogen and oxygen atoms in total. The van der Waals surface area contributed by atoms with E-state index in [9.17, 15) is 4.79 Å². The number of aryl methyl sites for hydroxylation is 3. The zero-order chi connectivity index (χ0) is 14.1. The lowest BCUT2D eigenvalue weighted by Gasteiger charge is -2.29. The Morgan fingerprint density at radius 3 is 2.90 bits per heavy atom. The molecule has 1 aliphatic rings. The number of amides is 1. The first-order chi connectivity index (χ1) is 9.66. The summed E-state index contributed by atoms with van der Waals surface area (Å²) >= 11 is 0. The van der Waals surface area contributed by atoms with E-state index >= 15 is 0 Å². The van der Waals surface area contributed by atoms with Gasteiger partial charge in [-0.1, -0.05) is 18.2 Å². The zero-order valence-corrected chi connectivity index (χ0v) is 11.9. The molecule has 2 aromatic rings. The Morgan fingerprint density at radius 1 is 1.35 bits per heavy atom. The summed E-state index contributed by atoms with van der Waals surface area (Å²) in [5.74, 6) is 0.157. The van der Waals surface area contributed by atoms with Crippen LogP contribution >= 0.6 is 0 Å². The molecule has 0 saturated heterocycles. The zero-order valence-electron chi connectivity index (χ0n) is 11.9. The predicted octanol–water partition coefficient (Wildman–Crippen LogP) is 2.55. The highest BCUT2D eigenvalue weighted by atomic mass is 16.2. The number of aromatic amines is 1. The number of hydrogen-bond donors (Lipinski definition) is 1. The summed E-state index contributed by atoms with van der Waals surface area (Å²) in [6.07, 6.45) is 2.51. The number of aromatic nitrogens is 2.